The van der Waals surface area contributed by atoms with Crippen LogP contribution in [0.2, 0.25) is 0 Å². The molecule has 2 aromatic rings. The number of hydrogen-bond donors (Lipinski definition) is 2. The van der Waals surface area contributed by atoms with Crippen LogP contribution in [-0.4, -0.2) is 21.9 Å². The van der Waals surface area contributed by atoms with E-state index in [0.717, 1.165) is 28.1 Å². The quantitative estimate of drug-likeness (QED) is 0.891. The van der Waals surface area contributed by atoms with E-state index in [0.29, 0.717) is 36.0 Å². The zero-order valence-electron chi connectivity index (χ0n) is 14.6. The molecule has 2 heterocycles. The normalized spacial score (nSPS) is 21.1. The second-order valence-electron chi connectivity index (χ2n) is 7.01. The van der Waals surface area contributed by atoms with Crippen molar-refractivity contribution in [3.63, 3.8) is 0 Å². The van der Waals surface area contributed by atoms with E-state index >= 15 is 0 Å². The third kappa shape index (κ3) is 3.69. The van der Waals surface area contributed by atoms with Crippen molar-refractivity contribution in [2.75, 3.05) is 0 Å². The van der Waals surface area contributed by atoms with Gasteiger partial charge < -0.3 is 10.3 Å². The Morgan fingerprint density at radius 2 is 2.17 bits per heavy atom. The second-order valence-corrected chi connectivity index (χ2v) is 8.22. The van der Waals surface area contributed by atoms with Gasteiger partial charge in [0, 0.05) is 23.8 Å². The smallest absolute Gasteiger partial charge is 0.259 e. The highest BCUT2D eigenvalue weighted by atomic mass is 32.1. The van der Waals surface area contributed by atoms with E-state index in [1.807, 2.05) is 13.8 Å². The third-order valence-electron chi connectivity index (χ3n) is 4.98. The molecule has 0 aliphatic heterocycles. The zero-order chi connectivity index (χ0) is 17.3. The van der Waals surface area contributed by atoms with Crippen LogP contribution in [0.1, 0.15) is 55.3 Å². The number of rotatable bonds is 4. The van der Waals surface area contributed by atoms with Gasteiger partial charge in [-0.25, -0.2) is 4.98 Å². The second kappa shape index (κ2) is 7.05. The van der Waals surface area contributed by atoms with Crippen LogP contribution < -0.4 is 10.9 Å². The molecule has 0 bridgehead atoms. The number of H-pyrrole nitrogens is 1. The van der Waals surface area contributed by atoms with E-state index in [2.05, 4.69) is 22.2 Å². The van der Waals surface area contributed by atoms with Gasteiger partial charge in [-0.3, -0.25) is 9.59 Å². The Morgan fingerprint density at radius 1 is 1.38 bits per heavy atom. The number of nitrogens with zero attached hydrogens (tertiary/aromatic N) is 1. The van der Waals surface area contributed by atoms with Crippen molar-refractivity contribution >= 4 is 27.5 Å². The molecule has 3 rings (SSSR count). The first-order valence-electron chi connectivity index (χ1n) is 8.72. The molecule has 0 unspecified atom stereocenters. The summed E-state index contributed by atoms with van der Waals surface area (Å²) in [5.41, 5.74) is 0.901. The van der Waals surface area contributed by atoms with E-state index < -0.39 is 0 Å². The van der Waals surface area contributed by atoms with Crippen LogP contribution in [0, 0.1) is 19.8 Å². The number of fused-ring (bicyclic) bond motifs is 1. The average Bonchev–Trinajstić information content (AvgIpc) is 2.80. The lowest BCUT2D eigenvalue weighted by Gasteiger charge is -2.27. The first-order valence-corrected chi connectivity index (χ1v) is 9.54. The van der Waals surface area contributed by atoms with Gasteiger partial charge in [0.1, 0.15) is 10.7 Å². The van der Waals surface area contributed by atoms with Gasteiger partial charge in [-0.15, -0.1) is 11.3 Å². The maximum Gasteiger partial charge on any atom is 0.259 e. The van der Waals surface area contributed by atoms with Crippen LogP contribution in [-0.2, 0) is 11.2 Å². The fourth-order valence-electron chi connectivity index (χ4n) is 3.51. The van der Waals surface area contributed by atoms with Gasteiger partial charge in [-0.05, 0) is 38.2 Å². The third-order valence-corrected chi connectivity index (χ3v) is 6.08. The standard InChI is InChI=1S/C18H25N3O2S/c1-10-5-4-6-13(9-10)19-15(22)8-7-14-20-17(23)16-11(2)12(3)24-18(16)21-14/h10,13H,4-9H2,1-3H3,(H,19,22)(H,20,21,23)/t10-,13+/m0/s1. The van der Waals surface area contributed by atoms with Gasteiger partial charge in [-0.1, -0.05) is 19.8 Å². The lowest BCUT2D eigenvalue weighted by molar-refractivity contribution is -0.122. The Balaban J connectivity index is 1.63. The number of hydrogen-bond acceptors (Lipinski definition) is 4. The molecular formula is C18H25N3O2S. The lowest BCUT2D eigenvalue weighted by atomic mass is 9.87. The van der Waals surface area contributed by atoms with E-state index in [4.69, 9.17) is 0 Å². The molecule has 0 radical (unpaired) electrons. The minimum Gasteiger partial charge on any atom is -0.353 e. The summed E-state index contributed by atoms with van der Waals surface area (Å²) in [6.07, 6.45) is 5.43. The number of aryl methyl sites for hydroxylation is 3. The topological polar surface area (TPSA) is 74.8 Å². The molecule has 1 fully saturated rings. The van der Waals surface area contributed by atoms with Gasteiger partial charge in [0.05, 0.1) is 5.39 Å². The molecule has 0 saturated heterocycles. The van der Waals surface area contributed by atoms with Crippen molar-refractivity contribution in [1.82, 2.24) is 15.3 Å². The van der Waals surface area contributed by atoms with Crippen molar-refractivity contribution in [2.24, 2.45) is 5.92 Å². The Bertz CT molecular complexity index is 808. The Morgan fingerprint density at radius 3 is 2.92 bits per heavy atom. The minimum absolute atomic E-state index is 0.0513. The van der Waals surface area contributed by atoms with Crippen molar-refractivity contribution in [3.8, 4) is 0 Å². The summed E-state index contributed by atoms with van der Waals surface area (Å²) in [5.74, 6) is 1.34. The molecule has 2 N–H and O–H groups in total. The molecule has 24 heavy (non-hydrogen) atoms. The number of nitrogens with one attached hydrogen (secondary N) is 2. The van der Waals surface area contributed by atoms with E-state index in [1.165, 1.54) is 24.2 Å². The fraction of sp³-hybridized carbons (Fsp3) is 0.611. The van der Waals surface area contributed by atoms with E-state index in [1.54, 1.807) is 0 Å². The number of aromatic amines is 1. The Kier molecular flexibility index (Phi) is 5.04. The van der Waals surface area contributed by atoms with Gasteiger partial charge in [-0.2, -0.15) is 0 Å². The van der Waals surface area contributed by atoms with E-state index in [9.17, 15) is 9.59 Å². The summed E-state index contributed by atoms with van der Waals surface area (Å²) >= 11 is 1.54. The fourth-order valence-corrected chi connectivity index (χ4v) is 4.56. The molecule has 1 aliphatic rings. The van der Waals surface area contributed by atoms with Gasteiger partial charge in [0.15, 0.2) is 0 Å². The van der Waals surface area contributed by atoms with Crippen LogP contribution >= 0.6 is 11.3 Å². The number of carbonyl (C=O) groups is 1. The van der Waals surface area contributed by atoms with Crippen LogP contribution in [0.15, 0.2) is 4.79 Å². The molecule has 2 aromatic heterocycles. The summed E-state index contributed by atoms with van der Waals surface area (Å²) in [7, 11) is 0. The summed E-state index contributed by atoms with van der Waals surface area (Å²) < 4.78 is 0. The molecule has 0 spiro atoms. The maximum atomic E-state index is 12.2. The first kappa shape index (κ1) is 17.1. The Labute approximate surface area is 145 Å². The average molecular weight is 347 g/mol. The van der Waals surface area contributed by atoms with E-state index in [-0.39, 0.29) is 11.5 Å². The van der Waals surface area contributed by atoms with Crippen molar-refractivity contribution < 1.29 is 4.79 Å². The lowest BCUT2D eigenvalue weighted by Crippen LogP contribution is -2.38. The molecule has 130 valence electrons. The largest absolute Gasteiger partial charge is 0.353 e. The molecule has 0 aromatic carbocycles. The molecule has 1 saturated carbocycles. The molecule has 1 amide bonds. The van der Waals surface area contributed by atoms with Gasteiger partial charge in [0.2, 0.25) is 5.91 Å². The summed E-state index contributed by atoms with van der Waals surface area (Å²) in [6.45, 7) is 6.19. The van der Waals surface area contributed by atoms with Crippen LogP contribution in [0.4, 0.5) is 0 Å². The summed E-state index contributed by atoms with van der Waals surface area (Å²) in [5, 5.41) is 3.81. The zero-order valence-corrected chi connectivity index (χ0v) is 15.4. The highest BCUT2D eigenvalue weighted by Crippen LogP contribution is 2.26. The molecule has 1 aliphatic carbocycles. The van der Waals surface area contributed by atoms with Gasteiger partial charge in [0.25, 0.3) is 5.56 Å². The number of aromatic nitrogens is 2. The summed E-state index contributed by atoms with van der Waals surface area (Å²) in [6, 6.07) is 0.304. The summed E-state index contributed by atoms with van der Waals surface area (Å²) in [4.78, 5) is 33.7. The predicted molar refractivity (Wildman–Crippen MR) is 97.6 cm³/mol. The maximum absolute atomic E-state index is 12.2. The Hall–Kier alpha value is -1.69. The monoisotopic (exact) mass is 347 g/mol. The van der Waals surface area contributed by atoms with Crippen molar-refractivity contribution in [3.05, 3.63) is 26.6 Å². The SMILES string of the molecule is Cc1sc2nc(CCC(=O)N[C@@H]3CCC[C@H](C)C3)[nH]c(=O)c2c1C. The molecular weight excluding hydrogens is 322 g/mol. The van der Waals surface area contributed by atoms with Gasteiger partial charge >= 0.3 is 0 Å². The predicted octanol–water partition coefficient (Wildman–Crippen LogP) is 3.23. The minimum atomic E-state index is -0.0987. The molecule has 5 nitrogen and oxygen atoms in total. The first-order chi connectivity index (χ1) is 11.4. The molecule has 6 heteroatoms. The van der Waals surface area contributed by atoms with Crippen LogP contribution in [0.3, 0.4) is 0 Å². The van der Waals surface area contributed by atoms with Crippen LogP contribution in [0.25, 0.3) is 10.2 Å². The number of thiophene rings is 1. The number of amides is 1. The highest BCUT2D eigenvalue weighted by molar-refractivity contribution is 7.18. The van der Waals surface area contributed by atoms with Crippen molar-refractivity contribution in [1.29, 1.82) is 0 Å². The van der Waals surface area contributed by atoms with Crippen molar-refractivity contribution in [2.45, 2.75) is 65.3 Å². The van der Waals surface area contributed by atoms with Crippen LogP contribution in [0.5, 0.6) is 0 Å². The molecule has 2 atom stereocenters. The number of carbonyl (C=O) groups excluding carboxylic acids is 1. The highest BCUT2D eigenvalue weighted by Gasteiger charge is 2.20.